The van der Waals surface area contributed by atoms with Gasteiger partial charge in [0.15, 0.2) is 0 Å². The zero-order valence-electron chi connectivity index (χ0n) is 22.5. The zero-order chi connectivity index (χ0) is 25.1. The van der Waals surface area contributed by atoms with Gasteiger partial charge in [0, 0.05) is 12.3 Å². The number of carbonyl (C=O) groups excluding carboxylic acids is 3. The summed E-state index contributed by atoms with van der Waals surface area (Å²) in [6, 6.07) is 0. The molecule has 1 aliphatic carbocycles. The van der Waals surface area contributed by atoms with Gasteiger partial charge in [-0.15, -0.1) is 0 Å². The van der Waals surface area contributed by atoms with E-state index in [2.05, 4.69) is 32.9 Å². The van der Waals surface area contributed by atoms with Crippen LogP contribution in [0.3, 0.4) is 0 Å². The quantitative estimate of drug-likeness (QED) is 0.171. The minimum Gasteiger partial charge on any atom is -0.300 e. The van der Waals surface area contributed by atoms with E-state index in [1.165, 1.54) is 39.0 Å². The van der Waals surface area contributed by atoms with Crippen molar-refractivity contribution < 1.29 is 14.4 Å². The van der Waals surface area contributed by atoms with E-state index >= 15 is 0 Å². The molecule has 1 aliphatic rings. The van der Waals surface area contributed by atoms with E-state index in [1.807, 2.05) is 19.1 Å². The molecule has 1 fully saturated rings. The molecular formula is C30H52O3. The summed E-state index contributed by atoms with van der Waals surface area (Å²) in [6.07, 6.45) is 21.8. The summed E-state index contributed by atoms with van der Waals surface area (Å²) in [7, 11) is 0. The standard InChI is InChI=1S/C23H38O3.C7H14/c1-6-9-10-11-12-14-20(15-18(4)24)17-21(13-7-2)22(8-3)23(26)16-19(5)25;1-2-7-5-3-4-6-7/h9-12,20-22H,6-8,13-17H2,1-5H3;7H,2-6H2,1H3/b10-9-,12-11+;. The van der Waals surface area contributed by atoms with Gasteiger partial charge in [0.25, 0.3) is 0 Å². The van der Waals surface area contributed by atoms with E-state index in [-0.39, 0.29) is 41.5 Å². The monoisotopic (exact) mass is 460 g/mol. The molecule has 0 aromatic heterocycles. The zero-order valence-corrected chi connectivity index (χ0v) is 22.5. The van der Waals surface area contributed by atoms with Crippen molar-refractivity contribution in [2.45, 2.75) is 125 Å². The third-order valence-electron chi connectivity index (χ3n) is 6.86. The average molecular weight is 461 g/mol. The lowest BCUT2D eigenvalue weighted by molar-refractivity contribution is -0.129. The molecule has 0 radical (unpaired) electrons. The topological polar surface area (TPSA) is 51.2 Å². The number of hydrogen-bond donors (Lipinski definition) is 0. The number of ketones is 3. The molecule has 33 heavy (non-hydrogen) atoms. The summed E-state index contributed by atoms with van der Waals surface area (Å²) in [4.78, 5) is 35.6. The Morgan fingerprint density at radius 3 is 2.00 bits per heavy atom. The molecule has 0 heterocycles. The molecule has 3 unspecified atom stereocenters. The van der Waals surface area contributed by atoms with E-state index < -0.39 is 0 Å². The smallest absolute Gasteiger partial charge is 0.143 e. The van der Waals surface area contributed by atoms with Gasteiger partial charge >= 0.3 is 0 Å². The highest BCUT2D eigenvalue weighted by atomic mass is 16.1. The predicted octanol–water partition coefficient (Wildman–Crippen LogP) is 8.46. The molecule has 0 aromatic rings. The van der Waals surface area contributed by atoms with E-state index in [0.717, 1.165) is 44.4 Å². The second kappa shape index (κ2) is 19.9. The summed E-state index contributed by atoms with van der Waals surface area (Å²) in [5, 5.41) is 0. The lowest BCUT2D eigenvalue weighted by Crippen LogP contribution is -2.27. The normalized spacial score (nSPS) is 17.0. The first-order valence-electron chi connectivity index (χ1n) is 13.6. The van der Waals surface area contributed by atoms with Gasteiger partial charge in [-0.05, 0) is 57.3 Å². The van der Waals surface area contributed by atoms with Crippen molar-refractivity contribution in [3.05, 3.63) is 24.3 Å². The largest absolute Gasteiger partial charge is 0.300 e. The number of hydrogen-bond acceptors (Lipinski definition) is 3. The van der Waals surface area contributed by atoms with Gasteiger partial charge in [-0.2, -0.15) is 0 Å². The minimum absolute atomic E-state index is 0.0395. The Kier molecular flexibility index (Phi) is 19.0. The SMILES string of the molecule is CC/C=C\C=C\CC(CC(C)=O)CC(CCC)C(CC)C(=O)CC(C)=O.CCC1CCCC1. The number of rotatable bonds is 16. The third kappa shape index (κ3) is 15.9. The van der Waals surface area contributed by atoms with Gasteiger partial charge in [0.1, 0.15) is 17.3 Å². The molecule has 3 heteroatoms. The Balaban J connectivity index is 0.00000123. The molecule has 1 rings (SSSR count). The molecule has 0 saturated heterocycles. The van der Waals surface area contributed by atoms with Gasteiger partial charge in [0.2, 0.25) is 0 Å². The van der Waals surface area contributed by atoms with Gasteiger partial charge in [-0.3, -0.25) is 9.59 Å². The van der Waals surface area contributed by atoms with Crippen molar-refractivity contribution >= 4 is 17.3 Å². The first-order valence-corrected chi connectivity index (χ1v) is 13.6. The first-order chi connectivity index (χ1) is 15.8. The fourth-order valence-corrected chi connectivity index (χ4v) is 5.13. The Labute approximate surface area is 204 Å². The van der Waals surface area contributed by atoms with E-state index in [1.54, 1.807) is 6.92 Å². The molecule has 3 nitrogen and oxygen atoms in total. The van der Waals surface area contributed by atoms with Crippen LogP contribution in [0.5, 0.6) is 0 Å². The molecule has 0 aliphatic heterocycles. The Bertz CT molecular complexity index is 596. The molecule has 1 saturated carbocycles. The van der Waals surface area contributed by atoms with Crippen molar-refractivity contribution in [1.82, 2.24) is 0 Å². The molecule has 0 bridgehead atoms. The van der Waals surface area contributed by atoms with Crippen LogP contribution in [0, 0.1) is 23.7 Å². The van der Waals surface area contributed by atoms with Crippen molar-refractivity contribution in [2.75, 3.05) is 0 Å². The van der Waals surface area contributed by atoms with Crippen LogP contribution in [0.2, 0.25) is 0 Å². The summed E-state index contributed by atoms with van der Waals surface area (Å²) in [6.45, 7) is 11.7. The molecule has 0 aromatic carbocycles. The summed E-state index contributed by atoms with van der Waals surface area (Å²) >= 11 is 0. The van der Waals surface area contributed by atoms with Gasteiger partial charge in [-0.25, -0.2) is 0 Å². The van der Waals surface area contributed by atoms with Crippen molar-refractivity contribution in [2.24, 2.45) is 23.7 Å². The second-order valence-corrected chi connectivity index (χ2v) is 9.98. The maximum absolute atomic E-state index is 12.5. The Morgan fingerprint density at radius 1 is 0.909 bits per heavy atom. The van der Waals surface area contributed by atoms with E-state index in [9.17, 15) is 14.4 Å². The van der Waals surface area contributed by atoms with E-state index in [4.69, 9.17) is 0 Å². The number of Topliss-reactive ketones (excluding diaryl/α,β-unsaturated/α-hetero) is 3. The third-order valence-corrected chi connectivity index (χ3v) is 6.86. The van der Waals surface area contributed by atoms with Gasteiger partial charge in [-0.1, -0.05) is 96.9 Å². The Morgan fingerprint density at radius 2 is 1.55 bits per heavy atom. The fourth-order valence-electron chi connectivity index (χ4n) is 5.13. The summed E-state index contributed by atoms with van der Waals surface area (Å²) in [5.74, 6) is 1.74. The first kappa shape index (κ1) is 31.5. The van der Waals surface area contributed by atoms with Crippen molar-refractivity contribution in [3.63, 3.8) is 0 Å². The van der Waals surface area contributed by atoms with Gasteiger partial charge < -0.3 is 4.79 Å². The summed E-state index contributed by atoms with van der Waals surface area (Å²) < 4.78 is 0. The highest BCUT2D eigenvalue weighted by Crippen LogP contribution is 2.32. The van der Waals surface area contributed by atoms with Gasteiger partial charge in [0.05, 0.1) is 6.42 Å². The number of carbonyl (C=O) groups is 3. The van der Waals surface area contributed by atoms with Crippen LogP contribution in [-0.2, 0) is 14.4 Å². The van der Waals surface area contributed by atoms with Crippen LogP contribution in [0.1, 0.15) is 125 Å². The number of allylic oxidation sites excluding steroid dienone is 4. The predicted molar refractivity (Wildman–Crippen MR) is 141 cm³/mol. The molecule has 0 amide bonds. The van der Waals surface area contributed by atoms with Crippen LogP contribution < -0.4 is 0 Å². The molecule has 3 atom stereocenters. The molecule has 0 N–H and O–H groups in total. The highest BCUT2D eigenvalue weighted by Gasteiger charge is 2.29. The highest BCUT2D eigenvalue weighted by molar-refractivity contribution is 5.99. The molecule has 0 spiro atoms. The second-order valence-electron chi connectivity index (χ2n) is 9.98. The van der Waals surface area contributed by atoms with Crippen molar-refractivity contribution in [1.29, 1.82) is 0 Å². The molecular weight excluding hydrogens is 408 g/mol. The summed E-state index contributed by atoms with van der Waals surface area (Å²) in [5.41, 5.74) is 0. The van der Waals surface area contributed by atoms with E-state index in [0.29, 0.717) is 6.42 Å². The van der Waals surface area contributed by atoms with Crippen LogP contribution in [-0.4, -0.2) is 17.3 Å². The maximum atomic E-state index is 12.5. The molecule has 190 valence electrons. The van der Waals surface area contributed by atoms with Crippen molar-refractivity contribution in [3.8, 4) is 0 Å². The Hall–Kier alpha value is -1.51. The lowest BCUT2D eigenvalue weighted by Gasteiger charge is -2.28. The maximum Gasteiger partial charge on any atom is 0.143 e. The van der Waals surface area contributed by atoms with Crippen LogP contribution in [0.25, 0.3) is 0 Å². The lowest BCUT2D eigenvalue weighted by atomic mass is 9.75. The van der Waals surface area contributed by atoms with Crippen LogP contribution in [0.15, 0.2) is 24.3 Å². The average Bonchev–Trinajstić information content (AvgIpc) is 3.27. The minimum atomic E-state index is -0.0720. The van der Waals surface area contributed by atoms with Crippen LogP contribution >= 0.6 is 0 Å². The fraction of sp³-hybridized carbons (Fsp3) is 0.767. The van der Waals surface area contributed by atoms with Crippen LogP contribution in [0.4, 0.5) is 0 Å².